The van der Waals surface area contributed by atoms with Gasteiger partial charge in [0, 0.05) is 17.2 Å². The highest BCUT2D eigenvalue weighted by Crippen LogP contribution is 2.34. The second kappa shape index (κ2) is 6.82. The summed E-state index contributed by atoms with van der Waals surface area (Å²) in [7, 11) is 0. The minimum atomic E-state index is 0.430. The first-order valence-electron chi connectivity index (χ1n) is 8.70. The Labute approximate surface area is 149 Å². The Morgan fingerprint density at radius 3 is 2.24 bits per heavy atom. The van der Waals surface area contributed by atoms with Gasteiger partial charge < -0.3 is 5.73 Å². The Balaban J connectivity index is 1.72. The summed E-state index contributed by atoms with van der Waals surface area (Å²) in [5.74, 6) is 0.430. The smallest absolute Gasteiger partial charge is 0.0394 e. The molecule has 0 radical (unpaired) electrons. The third-order valence-electron chi connectivity index (χ3n) is 4.77. The van der Waals surface area contributed by atoms with Crippen molar-refractivity contribution in [2.24, 2.45) is 0 Å². The number of hydrogen-bond donors (Lipinski definition) is 1. The van der Waals surface area contributed by atoms with Crippen molar-refractivity contribution in [2.45, 2.75) is 12.3 Å². The molecular weight excluding hydrogens is 302 g/mol. The van der Waals surface area contributed by atoms with E-state index in [9.17, 15) is 0 Å². The number of nitrogen functional groups attached to an aromatic ring is 1. The van der Waals surface area contributed by atoms with Crippen molar-refractivity contribution in [1.82, 2.24) is 0 Å². The molecule has 25 heavy (non-hydrogen) atoms. The van der Waals surface area contributed by atoms with Crippen LogP contribution in [-0.4, -0.2) is 0 Å². The number of allylic oxidation sites excluding steroid dienone is 4. The topological polar surface area (TPSA) is 26.0 Å². The van der Waals surface area contributed by atoms with Gasteiger partial charge in [-0.15, -0.1) is 0 Å². The van der Waals surface area contributed by atoms with Crippen LogP contribution in [0.3, 0.4) is 0 Å². The van der Waals surface area contributed by atoms with Gasteiger partial charge in [-0.05, 0) is 40.8 Å². The molecule has 1 atom stereocenters. The van der Waals surface area contributed by atoms with E-state index in [1.807, 2.05) is 24.3 Å². The SMILES string of the molecule is Nc1ccc(C2=CC(c3ccccc3)CC=C2)cc1-c1ccccc1. The fourth-order valence-corrected chi connectivity index (χ4v) is 3.41. The van der Waals surface area contributed by atoms with Crippen LogP contribution in [0.4, 0.5) is 5.69 Å². The molecule has 0 spiro atoms. The molecule has 3 aromatic carbocycles. The molecule has 0 amide bonds. The largest absolute Gasteiger partial charge is 0.398 e. The maximum Gasteiger partial charge on any atom is 0.0394 e. The molecule has 1 heteroatoms. The van der Waals surface area contributed by atoms with Crippen LogP contribution in [0.2, 0.25) is 0 Å². The quantitative estimate of drug-likeness (QED) is 0.582. The monoisotopic (exact) mass is 323 g/mol. The highest BCUT2D eigenvalue weighted by Gasteiger charge is 2.13. The van der Waals surface area contributed by atoms with E-state index in [0.717, 1.165) is 23.2 Å². The number of benzene rings is 3. The first kappa shape index (κ1) is 15.5. The zero-order valence-electron chi connectivity index (χ0n) is 14.1. The van der Waals surface area contributed by atoms with Crippen LogP contribution in [0.25, 0.3) is 16.7 Å². The zero-order chi connectivity index (χ0) is 17.1. The number of nitrogens with two attached hydrogens (primary N) is 1. The molecule has 0 saturated heterocycles. The lowest BCUT2D eigenvalue weighted by atomic mass is 9.87. The van der Waals surface area contributed by atoms with Gasteiger partial charge in [-0.3, -0.25) is 0 Å². The number of hydrogen-bond acceptors (Lipinski definition) is 1. The van der Waals surface area contributed by atoms with Gasteiger partial charge in [0.25, 0.3) is 0 Å². The van der Waals surface area contributed by atoms with E-state index in [1.54, 1.807) is 0 Å². The molecule has 122 valence electrons. The van der Waals surface area contributed by atoms with E-state index < -0.39 is 0 Å². The van der Waals surface area contributed by atoms with Gasteiger partial charge in [0.15, 0.2) is 0 Å². The highest BCUT2D eigenvalue weighted by molar-refractivity contribution is 5.84. The van der Waals surface area contributed by atoms with Crippen LogP contribution in [-0.2, 0) is 0 Å². The molecule has 4 rings (SSSR count). The summed E-state index contributed by atoms with van der Waals surface area (Å²) >= 11 is 0. The van der Waals surface area contributed by atoms with Crippen molar-refractivity contribution in [3.8, 4) is 11.1 Å². The molecule has 1 unspecified atom stereocenters. The Hall–Kier alpha value is -3.06. The second-order valence-corrected chi connectivity index (χ2v) is 6.45. The molecule has 1 aliphatic rings. The van der Waals surface area contributed by atoms with E-state index in [1.165, 1.54) is 16.7 Å². The average molecular weight is 323 g/mol. The minimum Gasteiger partial charge on any atom is -0.398 e. The van der Waals surface area contributed by atoms with Gasteiger partial charge >= 0.3 is 0 Å². The maximum absolute atomic E-state index is 6.23. The molecule has 0 fully saturated rings. The lowest BCUT2D eigenvalue weighted by Crippen LogP contribution is -1.99. The Morgan fingerprint density at radius 1 is 0.760 bits per heavy atom. The standard InChI is InChI=1S/C24H21N/c25-24-15-14-22(17-23(24)19-10-5-2-6-11-19)21-13-7-12-20(16-21)18-8-3-1-4-9-18/h1-11,13-17,20H,12,25H2. The molecule has 1 aliphatic carbocycles. The number of rotatable bonds is 3. The van der Waals surface area contributed by atoms with Crippen molar-refractivity contribution in [1.29, 1.82) is 0 Å². The van der Waals surface area contributed by atoms with Crippen molar-refractivity contribution in [2.75, 3.05) is 5.73 Å². The van der Waals surface area contributed by atoms with Crippen LogP contribution in [0.1, 0.15) is 23.5 Å². The molecule has 0 aliphatic heterocycles. The summed E-state index contributed by atoms with van der Waals surface area (Å²) in [6.07, 6.45) is 7.91. The predicted molar refractivity (Wildman–Crippen MR) is 107 cm³/mol. The van der Waals surface area contributed by atoms with Crippen LogP contribution < -0.4 is 5.73 Å². The lowest BCUT2D eigenvalue weighted by Gasteiger charge is -2.18. The summed E-state index contributed by atoms with van der Waals surface area (Å²) in [4.78, 5) is 0. The van der Waals surface area contributed by atoms with Crippen LogP contribution in [0.5, 0.6) is 0 Å². The van der Waals surface area contributed by atoms with E-state index in [4.69, 9.17) is 5.73 Å². The Bertz CT molecular complexity index is 921. The lowest BCUT2D eigenvalue weighted by molar-refractivity contribution is 0.857. The highest BCUT2D eigenvalue weighted by atomic mass is 14.6. The van der Waals surface area contributed by atoms with E-state index >= 15 is 0 Å². The van der Waals surface area contributed by atoms with Gasteiger partial charge in [0.1, 0.15) is 0 Å². The Kier molecular flexibility index (Phi) is 4.22. The van der Waals surface area contributed by atoms with Gasteiger partial charge in [-0.1, -0.05) is 85.0 Å². The predicted octanol–water partition coefficient (Wildman–Crippen LogP) is 6.06. The van der Waals surface area contributed by atoms with E-state index in [-0.39, 0.29) is 0 Å². The molecule has 1 nitrogen and oxygen atoms in total. The molecule has 0 aromatic heterocycles. The van der Waals surface area contributed by atoms with Gasteiger partial charge in [0.05, 0.1) is 0 Å². The molecule has 3 aromatic rings. The number of anilines is 1. The summed E-state index contributed by atoms with van der Waals surface area (Å²) in [5, 5.41) is 0. The van der Waals surface area contributed by atoms with Crippen molar-refractivity contribution >= 4 is 11.3 Å². The van der Waals surface area contributed by atoms with E-state index in [0.29, 0.717) is 5.92 Å². The van der Waals surface area contributed by atoms with E-state index in [2.05, 4.69) is 72.8 Å². The Morgan fingerprint density at radius 2 is 1.48 bits per heavy atom. The van der Waals surface area contributed by atoms with Crippen molar-refractivity contribution in [3.63, 3.8) is 0 Å². The second-order valence-electron chi connectivity index (χ2n) is 6.45. The van der Waals surface area contributed by atoms with Gasteiger partial charge in [-0.25, -0.2) is 0 Å². The maximum atomic E-state index is 6.23. The molecule has 2 N–H and O–H groups in total. The molecule has 0 bridgehead atoms. The third kappa shape index (κ3) is 3.27. The summed E-state index contributed by atoms with van der Waals surface area (Å²) in [5.41, 5.74) is 13.1. The third-order valence-corrected chi connectivity index (χ3v) is 4.77. The van der Waals surface area contributed by atoms with Crippen LogP contribution in [0.15, 0.2) is 97.1 Å². The molecular formula is C24H21N. The first-order chi connectivity index (χ1) is 12.3. The fraction of sp³-hybridized carbons (Fsp3) is 0.0833. The van der Waals surface area contributed by atoms with Crippen molar-refractivity contribution < 1.29 is 0 Å². The molecule has 0 saturated carbocycles. The van der Waals surface area contributed by atoms with Crippen LogP contribution >= 0.6 is 0 Å². The summed E-state index contributed by atoms with van der Waals surface area (Å²) < 4.78 is 0. The minimum absolute atomic E-state index is 0.430. The molecule has 0 heterocycles. The van der Waals surface area contributed by atoms with Crippen molar-refractivity contribution in [3.05, 3.63) is 108 Å². The summed E-state index contributed by atoms with van der Waals surface area (Å²) in [6, 6.07) is 27.4. The normalized spacial score (nSPS) is 16.5. The zero-order valence-corrected chi connectivity index (χ0v) is 14.1. The van der Waals surface area contributed by atoms with Gasteiger partial charge in [0.2, 0.25) is 0 Å². The first-order valence-corrected chi connectivity index (χ1v) is 8.70. The van der Waals surface area contributed by atoms with Gasteiger partial charge in [-0.2, -0.15) is 0 Å². The summed E-state index contributed by atoms with van der Waals surface area (Å²) in [6.45, 7) is 0. The average Bonchev–Trinajstić information content (AvgIpc) is 2.70. The van der Waals surface area contributed by atoms with Crippen LogP contribution in [0, 0.1) is 0 Å². The fourth-order valence-electron chi connectivity index (χ4n) is 3.41.